The smallest absolute Gasteiger partial charge is 0.257 e. The fraction of sp³-hybridized carbons (Fsp3) is 0. The van der Waals surface area contributed by atoms with Crippen molar-refractivity contribution in [1.29, 1.82) is 0 Å². The Morgan fingerprint density at radius 1 is 1.50 bits per heavy atom. The number of rotatable bonds is 1. The Hall–Kier alpha value is -1.51. The third-order valence-corrected chi connectivity index (χ3v) is 1.12. The molecule has 0 aliphatic heterocycles. The Morgan fingerprint density at radius 2 is 2.20 bits per heavy atom. The van der Waals surface area contributed by atoms with Crippen LogP contribution in [0.2, 0.25) is 0 Å². The number of non-ortho nitro benzene ring substituents is 1. The number of hydrogen-bond acceptors (Lipinski definition) is 2. The van der Waals surface area contributed by atoms with Gasteiger partial charge in [-0.25, -0.2) is 0 Å². The highest BCUT2D eigenvalue weighted by Gasteiger charge is 2.07. The van der Waals surface area contributed by atoms with Gasteiger partial charge in [0.25, 0.3) is 0 Å². The Bertz CT molecular complexity index is 258. The first-order chi connectivity index (χ1) is 4.70. The molecule has 0 bridgehead atoms. The second kappa shape index (κ2) is 2.39. The van der Waals surface area contributed by atoms with Crippen molar-refractivity contribution in [3.63, 3.8) is 0 Å². The predicted molar refractivity (Wildman–Crippen MR) is 37.6 cm³/mol. The van der Waals surface area contributed by atoms with Gasteiger partial charge in [0, 0.05) is 25.1 Å². The third-order valence-electron chi connectivity index (χ3n) is 1.12. The summed E-state index contributed by atoms with van der Waals surface area (Å²) >= 11 is 0. The standard InChI is InChI=1S/C7H6NO2/c1-6-3-2-4-7(5-6)8(9)10/h2-5H,1H2/q+1. The van der Waals surface area contributed by atoms with Gasteiger partial charge in [0.2, 0.25) is 0 Å². The predicted octanol–water partition coefficient (Wildman–Crippen LogP) is 1.78. The molecule has 0 amide bonds. The number of benzene rings is 1. The highest BCUT2D eigenvalue weighted by Crippen LogP contribution is 2.11. The minimum absolute atomic E-state index is 0.0903. The molecule has 0 saturated heterocycles. The molecule has 0 radical (unpaired) electrons. The van der Waals surface area contributed by atoms with Gasteiger partial charge in [-0.3, -0.25) is 10.1 Å². The van der Waals surface area contributed by atoms with Crippen LogP contribution in [0.1, 0.15) is 5.56 Å². The fourth-order valence-electron chi connectivity index (χ4n) is 0.670. The molecule has 3 nitrogen and oxygen atoms in total. The van der Waals surface area contributed by atoms with Crippen LogP contribution in [-0.4, -0.2) is 4.92 Å². The van der Waals surface area contributed by atoms with Crippen molar-refractivity contribution < 1.29 is 4.92 Å². The van der Waals surface area contributed by atoms with Crippen LogP contribution in [0, 0.1) is 17.0 Å². The number of nitro benzene ring substituents is 1. The molecule has 3 heteroatoms. The van der Waals surface area contributed by atoms with Crippen molar-refractivity contribution in [2.75, 3.05) is 0 Å². The van der Waals surface area contributed by atoms with Crippen LogP contribution in [0.5, 0.6) is 0 Å². The zero-order valence-corrected chi connectivity index (χ0v) is 5.28. The molecule has 1 aromatic carbocycles. The second-order valence-corrected chi connectivity index (χ2v) is 1.93. The molecule has 0 unspecified atom stereocenters. The SMILES string of the molecule is [CH2+]c1cccc([N+](=O)[O-])c1. The number of nitrogens with zero attached hydrogens (tertiary/aromatic N) is 1. The molecular weight excluding hydrogens is 130 g/mol. The largest absolute Gasteiger partial charge is 0.323 e. The van der Waals surface area contributed by atoms with Crippen LogP contribution < -0.4 is 0 Å². The summed E-state index contributed by atoms with van der Waals surface area (Å²) in [5.41, 5.74) is 0.752. The average Bonchev–Trinajstić information content (AvgIpc) is 1.88. The maximum atomic E-state index is 10.1. The Balaban J connectivity index is 3.07. The summed E-state index contributed by atoms with van der Waals surface area (Å²) in [7, 11) is 0. The molecule has 0 saturated carbocycles. The van der Waals surface area contributed by atoms with Crippen LogP contribution >= 0.6 is 0 Å². The van der Waals surface area contributed by atoms with Crippen LogP contribution in [0.4, 0.5) is 5.69 Å². The molecule has 10 heavy (non-hydrogen) atoms. The first kappa shape index (κ1) is 6.61. The van der Waals surface area contributed by atoms with Gasteiger partial charge < -0.3 is 0 Å². The van der Waals surface area contributed by atoms with Gasteiger partial charge >= 0.3 is 5.69 Å². The van der Waals surface area contributed by atoms with E-state index in [0.717, 1.165) is 0 Å². The van der Waals surface area contributed by atoms with E-state index in [2.05, 4.69) is 6.92 Å². The van der Waals surface area contributed by atoms with Crippen molar-refractivity contribution >= 4 is 5.69 Å². The quantitative estimate of drug-likeness (QED) is 0.335. The third kappa shape index (κ3) is 1.25. The molecule has 0 N–H and O–H groups in total. The first-order valence-corrected chi connectivity index (χ1v) is 2.76. The summed E-state index contributed by atoms with van der Waals surface area (Å²) in [6.45, 7) is 3.56. The van der Waals surface area contributed by atoms with Gasteiger partial charge in [0.05, 0.1) is 4.92 Å². The molecule has 0 aliphatic carbocycles. The van der Waals surface area contributed by atoms with Gasteiger partial charge in [-0.05, 0) is 0 Å². The molecule has 0 aliphatic rings. The molecule has 0 heterocycles. The van der Waals surface area contributed by atoms with Gasteiger partial charge in [-0.15, -0.1) is 0 Å². The minimum atomic E-state index is -0.436. The molecule has 0 atom stereocenters. The maximum Gasteiger partial charge on any atom is 0.323 e. The lowest BCUT2D eigenvalue weighted by Gasteiger charge is -1.84. The molecule has 1 aromatic rings. The van der Waals surface area contributed by atoms with Crippen LogP contribution in [-0.2, 0) is 0 Å². The van der Waals surface area contributed by atoms with E-state index in [-0.39, 0.29) is 5.69 Å². The van der Waals surface area contributed by atoms with E-state index in [1.54, 1.807) is 12.1 Å². The van der Waals surface area contributed by atoms with E-state index in [4.69, 9.17) is 0 Å². The summed E-state index contributed by atoms with van der Waals surface area (Å²) in [4.78, 5) is 9.70. The monoisotopic (exact) mass is 136 g/mol. The van der Waals surface area contributed by atoms with Crippen LogP contribution in [0.15, 0.2) is 24.3 Å². The topological polar surface area (TPSA) is 43.1 Å². The maximum absolute atomic E-state index is 10.1. The highest BCUT2D eigenvalue weighted by molar-refractivity contribution is 5.35. The molecule has 0 spiro atoms. The van der Waals surface area contributed by atoms with Gasteiger partial charge in [0.1, 0.15) is 11.6 Å². The van der Waals surface area contributed by atoms with Crippen LogP contribution in [0.3, 0.4) is 0 Å². The zero-order valence-electron chi connectivity index (χ0n) is 5.28. The molecule has 0 aromatic heterocycles. The average molecular weight is 136 g/mol. The van der Waals surface area contributed by atoms with E-state index in [1.807, 2.05) is 0 Å². The van der Waals surface area contributed by atoms with Gasteiger partial charge in [-0.2, -0.15) is 0 Å². The van der Waals surface area contributed by atoms with E-state index < -0.39 is 4.92 Å². The molecule has 1 rings (SSSR count). The zero-order chi connectivity index (χ0) is 7.56. The highest BCUT2D eigenvalue weighted by atomic mass is 16.6. The summed E-state index contributed by atoms with van der Waals surface area (Å²) < 4.78 is 0. The van der Waals surface area contributed by atoms with E-state index in [0.29, 0.717) is 5.56 Å². The van der Waals surface area contributed by atoms with E-state index in [1.165, 1.54) is 12.1 Å². The van der Waals surface area contributed by atoms with Crippen molar-refractivity contribution in [3.05, 3.63) is 46.9 Å². The first-order valence-electron chi connectivity index (χ1n) is 2.76. The van der Waals surface area contributed by atoms with Crippen molar-refractivity contribution in [2.24, 2.45) is 0 Å². The fourth-order valence-corrected chi connectivity index (χ4v) is 0.670. The summed E-state index contributed by atoms with van der Waals surface area (Å²) in [6.07, 6.45) is 0. The lowest BCUT2D eigenvalue weighted by Crippen LogP contribution is -1.86. The summed E-state index contributed by atoms with van der Waals surface area (Å²) in [5.74, 6) is 0. The molecule has 50 valence electrons. The number of nitro groups is 1. The normalized spacial score (nSPS) is 9.20. The van der Waals surface area contributed by atoms with E-state index >= 15 is 0 Å². The lowest BCUT2D eigenvalue weighted by molar-refractivity contribution is -0.384. The second-order valence-electron chi connectivity index (χ2n) is 1.93. The number of hydrogen-bond donors (Lipinski definition) is 0. The summed E-state index contributed by atoms with van der Waals surface area (Å²) in [6, 6.07) is 6.20. The van der Waals surface area contributed by atoms with Crippen LogP contribution in [0.25, 0.3) is 0 Å². The Morgan fingerprint density at radius 3 is 2.60 bits per heavy atom. The van der Waals surface area contributed by atoms with Crippen molar-refractivity contribution in [1.82, 2.24) is 0 Å². The lowest BCUT2D eigenvalue weighted by atomic mass is 10.2. The minimum Gasteiger partial charge on any atom is -0.257 e. The van der Waals surface area contributed by atoms with E-state index in [9.17, 15) is 10.1 Å². The Labute approximate surface area is 58.4 Å². The van der Waals surface area contributed by atoms with Crippen molar-refractivity contribution in [2.45, 2.75) is 0 Å². The molecular formula is C7H6NO2+. The van der Waals surface area contributed by atoms with Gasteiger partial charge in [0.15, 0.2) is 0 Å². The Kier molecular flexibility index (Phi) is 1.58. The molecule has 0 fully saturated rings. The van der Waals surface area contributed by atoms with Gasteiger partial charge in [-0.1, -0.05) is 0 Å². The summed E-state index contributed by atoms with van der Waals surface area (Å²) in [5, 5.41) is 10.1. The van der Waals surface area contributed by atoms with Crippen molar-refractivity contribution in [3.8, 4) is 0 Å².